The molecule has 2 unspecified atom stereocenters. The van der Waals surface area contributed by atoms with Crippen molar-refractivity contribution in [1.29, 1.82) is 0 Å². The average Bonchev–Trinajstić information content (AvgIpc) is 2.76. The quantitative estimate of drug-likeness (QED) is 0.352. The van der Waals surface area contributed by atoms with Gasteiger partial charge in [-0.3, -0.25) is 10.0 Å². The number of hydroxylamine groups is 2. The Balaban J connectivity index is 1.97. The molecule has 3 rings (SSSR count). The fraction of sp³-hybridized carbons (Fsp3) is 0.778. The van der Waals surface area contributed by atoms with Crippen molar-refractivity contribution >= 4 is 11.6 Å². The van der Waals surface area contributed by atoms with Crippen LogP contribution in [0.15, 0.2) is 17.3 Å². The van der Waals surface area contributed by atoms with Crippen LogP contribution in [0.5, 0.6) is 0 Å². The lowest BCUT2D eigenvalue weighted by Gasteiger charge is -2.37. The predicted octanol–water partition coefficient (Wildman–Crippen LogP) is 3.75. The third-order valence-electron chi connectivity index (χ3n) is 6.54. The van der Waals surface area contributed by atoms with Crippen molar-refractivity contribution in [2.75, 3.05) is 0 Å². The second-order valence-electron chi connectivity index (χ2n) is 7.49. The number of hydrogen-bond acceptors (Lipinski definition) is 4. The lowest BCUT2D eigenvalue weighted by molar-refractivity contribution is -0.179. The summed E-state index contributed by atoms with van der Waals surface area (Å²) in [5.74, 6) is 0.819. The van der Waals surface area contributed by atoms with Gasteiger partial charge in [-0.1, -0.05) is 37.6 Å². The first-order valence-corrected chi connectivity index (χ1v) is 9.00. The number of hydrogen-bond donors (Lipinski definition) is 2. The highest BCUT2D eigenvalue weighted by molar-refractivity contribution is 6.19. The Morgan fingerprint density at radius 3 is 2.39 bits per heavy atom. The molecule has 2 aliphatic carbocycles. The van der Waals surface area contributed by atoms with Crippen LogP contribution in [0.1, 0.15) is 65.2 Å². The number of carbonyl (C=O) groups excluding carboxylic acids is 1. The van der Waals surface area contributed by atoms with Crippen molar-refractivity contribution in [3.63, 3.8) is 0 Å². The molecule has 0 aromatic carbocycles. The van der Waals surface area contributed by atoms with Gasteiger partial charge in [-0.15, -0.1) is 0 Å². The Morgan fingerprint density at radius 2 is 1.91 bits per heavy atom. The van der Waals surface area contributed by atoms with E-state index in [1.165, 1.54) is 0 Å². The molecule has 1 heterocycles. The third-order valence-corrected chi connectivity index (χ3v) is 6.54. The number of allylic oxidation sites excluding steroid dienone is 1. The van der Waals surface area contributed by atoms with E-state index in [4.69, 9.17) is 0 Å². The minimum atomic E-state index is -0.934. The maximum atomic E-state index is 12.9. The molecule has 0 bridgehead atoms. The van der Waals surface area contributed by atoms with Gasteiger partial charge in [-0.25, -0.2) is 5.06 Å². The second-order valence-corrected chi connectivity index (χ2v) is 7.49. The van der Waals surface area contributed by atoms with Gasteiger partial charge >= 0.3 is 0 Å². The summed E-state index contributed by atoms with van der Waals surface area (Å²) in [5, 5.41) is 24.8. The third kappa shape index (κ3) is 2.24. The SMILES string of the molecule is CCC1C=CC2(CC1)/C(=N/O)C1(CCC(CC)CC1)C(=O)N2O. The van der Waals surface area contributed by atoms with E-state index < -0.39 is 11.0 Å². The van der Waals surface area contributed by atoms with Crippen molar-refractivity contribution in [3.8, 4) is 0 Å². The van der Waals surface area contributed by atoms with Gasteiger partial charge in [0, 0.05) is 0 Å². The van der Waals surface area contributed by atoms with Crippen molar-refractivity contribution in [2.45, 2.75) is 70.8 Å². The number of carbonyl (C=O) groups is 1. The van der Waals surface area contributed by atoms with Crippen molar-refractivity contribution in [3.05, 3.63) is 12.2 Å². The summed E-state index contributed by atoms with van der Waals surface area (Å²) >= 11 is 0. The molecule has 23 heavy (non-hydrogen) atoms. The molecule has 1 saturated carbocycles. The Hall–Kier alpha value is -1.36. The van der Waals surface area contributed by atoms with Crippen LogP contribution < -0.4 is 0 Å². The molecule has 3 aliphatic rings. The largest absolute Gasteiger partial charge is 0.411 e. The number of nitrogens with zero attached hydrogens (tertiary/aromatic N) is 2. The summed E-state index contributed by atoms with van der Waals surface area (Å²) in [6.07, 6.45) is 10.9. The zero-order valence-electron chi connectivity index (χ0n) is 14.2. The smallest absolute Gasteiger partial charge is 0.259 e. The highest BCUT2D eigenvalue weighted by Gasteiger charge is 2.65. The molecule has 0 aromatic rings. The van der Waals surface area contributed by atoms with Gasteiger partial charge in [0.15, 0.2) is 0 Å². The minimum absolute atomic E-state index is 0.278. The van der Waals surface area contributed by atoms with Crippen LogP contribution in [0.4, 0.5) is 0 Å². The Labute approximate surface area is 138 Å². The van der Waals surface area contributed by atoms with Gasteiger partial charge in [0.05, 0.1) is 5.41 Å². The highest BCUT2D eigenvalue weighted by Crippen LogP contribution is 2.53. The molecule has 128 valence electrons. The zero-order chi connectivity index (χ0) is 16.7. The summed E-state index contributed by atoms with van der Waals surface area (Å²) in [6.45, 7) is 4.31. The number of rotatable bonds is 2. The molecule has 0 aromatic heterocycles. The van der Waals surface area contributed by atoms with Crippen LogP contribution in [-0.4, -0.2) is 32.6 Å². The lowest BCUT2D eigenvalue weighted by atomic mass is 9.64. The first-order chi connectivity index (χ1) is 11.0. The lowest BCUT2D eigenvalue weighted by Crippen LogP contribution is -2.48. The minimum Gasteiger partial charge on any atom is -0.411 e. The summed E-state index contributed by atoms with van der Waals surface area (Å²) in [5.41, 5.74) is -1.27. The predicted molar refractivity (Wildman–Crippen MR) is 87.4 cm³/mol. The second kappa shape index (κ2) is 5.93. The summed E-state index contributed by atoms with van der Waals surface area (Å²) in [7, 11) is 0. The van der Waals surface area contributed by atoms with E-state index in [-0.39, 0.29) is 5.91 Å². The van der Waals surface area contributed by atoms with Crippen LogP contribution in [0, 0.1) is 17.3 Å². The van der Waals surface area contributed by atoms with Gasteiger partial charge in [-0.2, -0.15) is 0 Å². The van der Waals surface area contributed by atoms with Crippen LogP contribution >= 0.6 is 0 Å². The van der Waals surface area contributed by atoms with Gasteiger partial charge < -0.3 is 5.21 Å². The van der Waals surface area contributed by atoms with E-state index in [2.05, 4.69) is 25.1 Å². The Bertz CT molecular complexity index is 534. The molecule has 0 radical (unpaired) electrons. The van der Waals surface area contributed by atoms with E-state index in [9.17, 15) is 15.2 Å². The fourth-order valence-corrected chi connectivity index (χ4v) is 4.81. The summed E-state index contributed by atoms with van der Waals surface area (Å²) in [4.78, 5) is 12.9. The Morgan fingerprint density at radius 1 is 1.22 bits per heavy atom. The monoisotopic (exact) mass is 320 g/mol. The molecule has 1 saturated heterocycles. The van der Waals surface area contributed by atoms with Gasteiger partial charge in [0.1, 0.15) is 11.3 Å². The average molecular weight is 320 g/mol. The normalized spacial score (nSPS) is 42.3. The topological polar surface area (TPSA) is 73.1 Å². The molecule has 1 aliphatic heterocycles. The van der Waals surface area contributed by atoms with E-state index >= 15 is 0 Å². The summed E-state index contributed by atoms with van der Waals surface area (Å²) in [6, 6.07) is 0. The van der Waals surface area contributed by atoms with Crippen LogP contribution in [0.2, 0.25) is 0 Å². The van der Waals surface area contributed by atoms with Crippen molar-refractivity contribution in [2.24, 2.45) is 22.4 Å². The molecular formula is C18H28N2O3. The van der Waals surface area contributed by atoms with E-state index in [0.29, 0.717) is 36.8 Å². The molecule has 2 atom stereocenters. The van der Waals surface area contributed by atoms with Crippen molar-refractivity contribution < 1.29 is 15.2 Å². The summed E-state index contributed by atoms with van der Waals surface area (Å²) < 4.78 is 0. The Kier molecular flexibility index (Phi) is 4.25. The van der Waals surface area contributed by atoms with Crippen LogP contribution in [0.25, 0.3) is 0 Å². The number of oxime groups is 1. The standard InChI is InChI=1S/C18H28N2O3/c1-3-13-5-9-17(10-6-13)15(19-22)18(20(23)16(17)21)11-7-14(4-2)8-12-18/h7,11,13-14,22-23H,3-6,8-10,12H2,1-2H3/b19-15+. The molecule has 2 N–H and O–H groups in total. The van der Waals surface area contributed by atoms with E-state index in [0.717, 1.165) is 37.2 Å². The highest BCUT2D eigenvalue weighted by atomic mass is 16.5. The number of amides is 1. The van der Waals surface area contributed by atoms with E-state index in [1.54, 1.807) is 0 Å². The van der Waals surface area contributed by atoms with Gasteiger partial charge in [0.2, 0.25) is 0 Å². The van der Waals surface area contributed by atoms with Crippen LogP contribution in [0.3, 0.4) is 0 Å². The van der Waals surface area contributed by atoms with Crippen molar-refractivity contribution in [1.82, 2.24) is 5.06 Å². The molecular weight excluding hydrogens is 292 g/mol. The zero-order valence-corrected chi connectivity index (χ0v) is 14.2. The maximum Gasteiger partial charge on any atom is 0.259 e. The fourth-order valence-electron chi connectivity index (χ4n) is 4.81. The molecule has 2 spiro atoms. The molecule has 2 fully saturated rings. The maximum absolute atomic E-state index is 12.9. The van der Waals surface area contributed by atoms with Gasteiger partial charge in [-0.05, 0) is 56.8 Å². The first kappa shape index (κ1) is 16.5. The van der Waals surface area contributed by atoms with Gasteiger partial charge in [0.25, 0.3) is 5.91 Å². The molecule has 5 heteroatoms. The van der Waals surface area contributed by atoms with E-state index in [1.807, 2.05) is 6.08 Å². The molecule has 5 nitrogen and oxygen atoms in total. The first-order valence-electron chi connectivity index (χ1n) is 9.00. The van der Waals surface area contributed by atoms with Crippen LogP contribution in [-0.2, 0) is 4.79 Å². The molecule has 1 amide bonds.